The summed E-state index contributed by atoms with van der Waals surface area (Å²) in [4.78, 5) is 5.03. The summed E-state index contributed by atoms with van der Waals surface area (Å²) in [7, 11) is 2.20. The third-order valence-corrected chi connectivity index (χ3v) is 2.80. The lowest BCUT2D eigenvalue weighted by Crippen LogP contribution is -2.58. The summed E-state index contributed by atoms with van der Waals surface area (Å²) in [5.41, 5.74) is 0. The average molecular weight is 153 g/mol. The van der Waals surface area contributed by atoms with Crippen molar-refractivity contribution >= 4 is 0 Å². The summed E-state index contributed by atoms with van der Waals surface area (Å²) in [6.07, 6.45) is 5.03. The number of hydrogen-bond acceptors (Lipinski definition) is 2. The van der Waals surface area contributed by atoms with Gasteiger partial charge in [0.05, 0.1) is 0 Å². The van der Waals surface area contributed by atoms with Gasteiger partial charge in [-0.1, -0.05) is 0 Å². The van der Waals surface area contributed by atoms with Gasteiger partial charge in [-0.3, -0.25) is 4.90 Å². The monoisotopic (exact) mass is 153 g/mol. The van der Waals surface area contributed by atoms with E-state index < -0.39 is 0 Å². The maximum Gasteiger partial charge on any atom is 0.0350 e. The van der Waals surface area contributed by atoms with Crippen LogP contribution in [0.1, 0.15) is 12.8 Å². The second kappa shape index (κ2) is 3.11. The van der Waals surface area contributed by atoms with Crippen LogP contribution in [-0.2, 0) is 0 Å². The lowest BCUT2D eigenvalue weighted by Gasteiger charge is -2.45. The number of likely N-dealkylation sites (tertiary alicyclic amines) is 2. The summed E-state index contributed by atoms with van der Waals surface area (Å²) in [6.45, 7) is 5.19. The highest BCUT2D eigenvalue weighted by atomic mass is 15.3. The Morgan fingerprint density at radius 3 is 2.36 bits per heavy atom. The standard InChI is InChI=1S/C9H17N2/c1-10-7-9(8-10)11-5-3-2-4-6-11/h2,9H,3-8H2,1H3. The van der Waals surface area contributed by atoms with Gasteiger partial charge in [0.25, 0.3) is 0 Å². The highest BCUT2D eigenvalue weighted by molar-refractivity contribution is 4.89. The van der Waals surface area contributed by atoms with Gasteiger partial charge in [-0.15, -0.1) is 0 Å². The van der Waals surface area contributed by atoms with Gasteiger partial charge in [0.2, 0.25) is 0 Å². The van der Waals surface area contributed by atoms with Crippen LogP contribution in [0.2, 0.25) is 0 Å². The molecule has 0 aromatic carbocycles. The first kappa shape index (κ1) is 7.56. The van der Waals surface area contributed by atoms with Crippen molar-refractivity contribution in [3.8, 4) is 0 Å². The zero-order chi connectivity index (χ0) is 7.68. The Balaban J connectivity index is 1.76. The summed E-state index contributed by atoms with van der Waals surface area (Å²) < 4.78 is 0. The van der Waals surface area contributed by atoms with E-state index in [1.807, 2.05) is 0 Å². The summed E-state index contributed by atoms with van der Waals surface area (Å²) in [5, 5.41) is 0. The molecule has 1 radical (unpaired) electrons. The molecule has 2 heteroatoms. The van der Waals surface area contributed by atoms with Crippen LogP contribution in [0.15, 0.2) is 0 Å². The molecular weight excluding hydrogens is 136 g/mol. The molecule has 0 amide bonds. The first-order chi connectivity index (χ1) is 5.36. The van der Waals surface area contributed by atoms with Crippen LogP contribution in [0, 0.1) is 6.42 Å². The van der Waals surface area contributed by atoms with Gasteiger partial charge in [-0.25, -0.2) is 0 Å². The molecular formula is C9H17N2. The predicted molar refractivity (Wildman–Crippen MR) is 46.4 cm³/mol. The van der Waals surface area contributed by atoms with Crippen molar-refractivity contribution in [1.82, 2.24) is 9.80 Å². The van der Waals surface area contributed by atoms with Gasteiger partial charge in [0.15, 0.2) is 0 Å². The fourth-order valence-corrected chi connectivity index (χ4v) is 2.03. The number of rotatable bonds is 1. The Hall–Kier alpha value is -0.0800. The van der Waals surface area contributed by atoms with Crippen molar-refractivity contribution in [3.63, 3.8) is 0 Å². The molecule has 2 nitrogen and oxygen atoms in total. The van der Waals surface area contributed by atoms with E-state index in [1.165, 1.54) is 39.0 Å². The minimum absolute atomic E-state index is 0.883. The van der Waals surface area contributed by atoms with Gasteiger partial charge in [-0.2, -0.15) is 0 Å². The first-order valence-electron chi connectivity index (χ1n) is 4.60. The second-order valence-corrected chi connectivity index (χ2v) is 3.78. The molecule has 63 valence electrons. The largest absolute Gasteiger partial charge is 0.303 e. The van der Waals surface area contributed by atoms with E-state index in [-0.39, 0.29) is 0 Å². The number of hydrogen-bond donors (Lipinski definition) is 0. The molecule has 2 aliphatic heterocycles. The second-order valence-electron chi connectivity index (χ2n) is 3.78. The predicted octanol–water partition coefficient (Wildman–Crippen LogP) is 0.600. The highest BCUT2D eigenvalue weighted by Gasteiger charge is 2.29. The molecule has 0 aromatic rings. The van der Waals surface area contributed by atoms with Crippen LogP contribution in [0.25, 0.3) is 0 Å². The van der Waals surface area contributed by atoms with E-state index in [9.17, 15) is 0 Å². The van der Waals surface area contributed by atoms with Crippen molar-refractivity contribution in [3.05, 3.63) is 6.42 Å². The van der Waals surface area contributed by atoms with E-state index in [1.54, 1.807) is 0 Å². The molecule has 11 heavy (non-hydrogen) atoms. The summed E-state index contributed by atoms with van der Waals surface area (Å²) in [5.74, 6) is 0. The number of likely N-dealkylation sites (N-methyl/N-ethyl adjacent to an activating group) is 1. The van der Waals surface area contributed by atoms with Gasteiger partial charge in [-0.05, 0) is 39.4 Å². The third kappa shape index (κ3) is 1.57. The summed E-state index contributed by atoms with van der Waals surface area (Å²) >= 11 is 0. The molecule has 0 spiro atoms. The first-order valence-corrected chi connectivity index (χ1v) is 4.60. The van der Waals surface area contributed by atoms with Crippen LogP contribution in [0.5, 0.6) is 0 Å². The van der Waals surface area contributed by atoms with E-state index in [4.69, 9.17) is 0 Å². The van der Waals surface area contributed by atoms with Crippen LogP contribution in [-0.4, -0.2) is 49.1 Å². The van der Waals surface area contributed by atoms with E-state index in [0.29, 0.717) is 0 Å². The molecule has 0 saturated carbocycles. The molecule has 0 aromatic heterocycles. The normalized spacial score (nSPS) is 30.3. The quantitative estimate of drug-likeness (QED) is 0.544. The fourth-order valence-electron chi connectivity index (χ4n) is 2.03. The van der Waals surface area contributed by atoms with Crippen LogP contribution >= 0.6 is 0 Å². The number of piperidine rings is 1. The Bertz CT molecular complexity index is 124. The van der Waals surface area contributed by atoms with E-state index in [0.717, 1.165) is 6.04 Å². The molecule has 0 N–H and O–H groups in total. The van der Waals surface area contributed by atoms with Crippen molar-refractivity contribution in [2.45, 2.75) is 18.9 Å². The van der Waals surface area contributed by atoms with Crippen LogP contribution < -0.4 is 0 Å². The lowest BCUT2D eigenvalue weighted by molar-refractivity contribution is 0.0466. The van der Waals surface area contributed by atoms with Crippen molar-refractivity contribution in [2.24, 2.45) is 0 Å². The van der Waals surface area contributed by atoms with Crippen molar-refractivity contribution in [1.29, 1.82) is 0 Å². The van der Waals surface area contributed by atoms with Gasteiger partial charge >= 0.3 is 0 Å². The topological polar surface area (TPSA) is 6.48 Å². The molecule has 0 atom stereocenters. The maximum atomic E-state index is 2.64. The van der Waals surface area contributed by atoms with Crippen LogP contribution in [0.3, 0.4) is 0 Å². The Labute approximate surface area is 69.2 Å². The molecule has 0 bridgehead atoms. The third-order valence-electron chi connectivity index (χ3n) is 2.80. The molecule has 0 aliphatic carbocycles. The number of nitrogens with zero attached hydrogens (tertiary/aromatic N) is 2. The summed E-state index contributed by atoms with van der Waals surface area (Å²) in [6, 6.07) is 0.883. The molecule has 0 unspecified atom stereocenters. The van der Waals surface area contributed by atoms with Gasteiger partial charge in [0, 0.05) is 19.1 Å². The smallest absolute Gasteiger partial charge is 0.0350 e. The SMILES string of the molecule is CN1CC(N2CC[CH]CC2)C1. The van der Waals surface area contributed by atoms with Crippen molar-refractivity contribution in [2.75, 3.05) is 33.2 Å². The minimum Gasteiger partial charge on any atom is -0.303 e. The Morgan fingerprint density at radius 1 is 1.18 bits per heavy atom. The zero-order valence-electron chi connectivity index (χ0n) is 7.29. The maximum absolute atomic E-state index is 2.64. The molecule has 2 aliphatic rings. The lowest BCUT2D eigenvalue weighted by atomic mass is 10.0. The molecule has 2 rings (SSSR count). The highest BCUT2D eigenvalue weighted by Crippen LogP contribution is 2.17. The average Bonchev–Trinajstić information content (AvgIpc) is 2.01. The minimum atomic E-state index is 0.883. The van der Waals surface area contributed by atoms with E-state index in [2.05, 4.69) is 23.3 Å². The Kier molecular flexibility index (Phi) is 2.14. The fraction of sp³-hybridized carbons (Fsp3) is 0.889. The van der Waals surface area contributed by atoms with E-state index >= 15 is 0 Å². The molecule has 2 heterocycles. The zero-order valence-corrected chi connectivity index (χ0v) is 7.29. The van der Waals surface area contributed by atoms with Gasteiger partial charge < -0.3 is 4.90 Å². The Morgan fingerprint density at radius 2 is 1.82 bits per heavy atom. The van der Waals surface area contributed by atoms with Crippen LogP contribution in [0.4, 0.5) is 0 Å². The van der Waals surface area contributed by atoms with Crippen molar-refractivity contribution < 1.29 is 0 Å². The molecule has 2 fully saturated rings. The molecule has 2 saturated heterocycles. The van der Waals surface area contributed by atoms with Gasteiger partial charge in [0.1, 0.15) is 0 Å².